The van der Waals surface area contributed by atoms with E-state index >= 15 is 0 Å². The lowest BCUT2D eigenvalue weighted by Crippen LogP contribution is -2.38. The molecule has 0 aliphatic rings. The van der Waals surface area contributed by atoms with Gasteiger partial charge in [0.05, 0.1) is 5.56 Å². The Morgan fingerprint density at radius 3 is 2.38 bits per heavy atom. The van der Waals surface area contributed by atoms with Crippen LogP contribution in [0.3, 0.4) is 0 Å². The Balaban J connectivity index is 0.00000512. The third-order valence-electron chi connectivity index (χ3n) is 4.33. The van der Waals surface area contributed by atoms with Gasteiger partial charge in [-0.2, -0.15) is 13.2 Å². The number of carbonyl (C=O) groups excluding carboxylic acids is 1. The number of nitrogens with zero attached hydrogens (tertiary/aromatic N) is 1. The molecule has 0 atom stereocenters. The first-order chi connectivity index (χ1) is 14.8. The molecule has 10 heteroatoms. The van der Waals surface area contributed by atoms with Gasteiger partial charge in [-0.25, -0.2) is 0 Å². The normalized spacial score (nSPS) is 11.4. The summed E-state index contributed by atoms with van der Waals surface area (Å²) in [7, 11) is 0. The van der Waals surface area contributed by atoms with Crippen molar-refractivity contribution in [3.8, 4) is 5.75 Å². The fraction of sp³-hybridized carbons (Fsp3) is 0.364. The molecule has 0 unspecified atom stereocenters. The molecule has 0 aromatic heterocycles. The van der Waals surface area contributed by atoms with Crippen LogP contribution < -0.4 is 16.0 Å². The third kappa shape index (κ3) is 9.75. The lowest BCUT2D eigenvalue weighted by atomic mass is 10.1. The van der Waals surface area contributed by atoms with E-state index in [4.69, 9.17) is 0 Å². The number of aliphatic imine (C=N–C) groups is 1. The molecule has 2 rings (SSSR count). The highest BCUT2D eigenvalue weighted by molar-refractivity contribution is 14.0. The standard InChI is InChI=1S/C22H27F3N4O2.HI/c1-2-26-21(29-14-11-16-7-9-18(10-8-16)22(23,24)25)28-13-4-12-27-20(31)17-5-3-6-19(30)15-17;/h3,5-10,15,30H,2,4,11-14H2,1H3,(H,27,31)(H2,26,28,29);1H. The van der Waals surface area contributed by atoms with Gasteiger partial charge in [0.1, 0.15) is 5.75 Å². The molecule has 0 bridgehead atoms. The minimum absolute atomic E-state index is 0. The van der Waals surface area contributed by atoms with E-state index in [1.807, 2.05) is 6.92 Å². The van der Waals surface area contributed by atoms with Crippen LogP contribution in [0.2, 0.25) is 0 Å². The smallest absolute Gasteiger partial charge is 0.416 e. The van der Waals surface area contributed by atoms with Crippen LogP contribution in [0.5, 0.6) is 5.75 Å². The second-order valence-corrected chi connectivity index (χ2v) is 6.79. The molecule has 6 nitrogen and oxygen atoms in total. The first-order valence-electron chi connectivity index (χ1n) is 10.0. The number of aromatic hydroxyl groups is 1. The van der Waals surface area contributed by atoms with Crippen LogP contribution in [-0.4, -0.2) is 43.2 Å². The van der Waals surface area contributed by atoms with E-state index in [1.165, 1.54) is 24.3 Å². The molecule has 32 heavy (non-hydrogen) atoms. The fourth-order valence-corrected chi connectivity index (χ4v) is 2.75. The van der Waals surface area contributed by atoms with Crippen LogP contribution in [0.25, 0.3) is 0 Å². The summed E-state index contributed by atoms with van der Waals surface area (Å²) in [4.78, 5) is 16.4. The molecular formula is C22H28F3IN4O2. The van der Waals surface area contributed by atoms with Crippen molar-refractivity contribution in [1.29, 1.82) is 0 Å². The number of alkyl halides is 3. The largest absolute Gasteiger partial charge is 0.508 e. The Kier molecular flexibility index (Phi) is 11.9. The predicted octanol–water partition coefficient (Wildman–Crippen LogP) is 3.95. The van der Waals surface area contributed by atoms with Gasteiger partial charge in [-0.15, -0.1) is 24.0 Å². The summed E-state index contributed by atoms with van der Waals surface area (Å²) in [6.45, 7) is 4.03. The Bertz CT molecular complexity index is 874. The Morgan fingerprint density at radius 1 is 1.03 bits per heavy atom. The van der Waals surface area contributed by atoms with Crippen molar-refractivity contribution < 1.29 is 23.1 Å². The molecule has 0 aliphatic carbocycles. The Morgan fingerprint density at radius 2 is 1.75 bits per heavy atom. The van der Waals surface area contributed by atoms with Crippen molar-refractivity contribution in [2.45, 2.75) is 25.9 Å². The topological polar surface area (TPSA) is 85.8 Å². The molecule has 2 aromatic rings. The van der Waals surface area contributed by atoms with E-state index in [2.05, 4.69) is 20.9 Å². The molecular weight excluding hydrogens is 536 g/mol. The van der Waals surface area contributed by atoms with Crippen LogP contribution in [0.4, 0.5) is 13.2 Å². The SMILES string of the molecule is CCNC(=NCCCNC(=O)c1cccc(O)c1)NCCc1ccc(C(F)(F)F)cc1.I. The summed E-state index contributed by atoms with van der Waals surface area (Å²) in [5.41, 5.74) is 0.531. The molecule has 0 spiro atoms. The average molecular weight is 564 g/mol. The van der Waals surface area contributed by atoms with Crippen molar-refractivity contribution in [3.05, 3.63) is 65.2 Å². The number of amides is 1. The monoisotopic (exact) mass is 564 g/mol. The van der Waals surface area contributed by atoms with Crippen LogP contribution in [0, 0.1) is 0 Å². The maximum atomic E-state index is 12.6. The molecule has 2 aromatic carbocycles. The van der Waals surface area contributed by atoms with Gasteiger partial charge < -0.3 is 21.1 Å². The van der Waals surface area contributed by atoms with Gasteiger partial charge in [-0.1, -0.05) is 18.2 Å². The van der Waals surface area contributed by atoms with E-state index in [0.29, 0.717) is 50.5 Å². The first kappa shape index (κ1) is 27.5. The highest BCUT2D eigenvalue weighted by Gasteiger charge is 2.29. The van der Waals surface area contributed by atoms with E-state index in [0.717, 1.165) is 17.7 Å². The van der Waals surface area contributed by atoms with Gasteiger partial charge in [0.25, 0.3) is 5.91 Å². The predicted molar refractivity (Wildman–Crippen MR) is 130 cm³/mol. The zero-order chi connectivity index (χ0) is 22.7. The third-order valence-corrected chi connectivity index (χ3v) is 4.33. The fourth-order valence-electron chi connectivity index (χ4n) is 2.75. The van der Waals surface area contributed by atoms with Crippen molar-refractivity contribution >= 4 is 35.8 Å². The molecule has 176 valence electrons. The van der Waals surface area contributed by atoms with E-state index in [1.54, 1.807) is 12.1 Å². The van der Waals surface area contributed by atoms with Gasteiger partial charge in [0, 0.05) is 31.7 Å². The second-order valence-electron chi connectivity index (χ2n) is 6.79. The highest BCUT2D eigenvalue weighted by Crippen LogP contribution is 2.29. The van der Waals surface area contributed by atoms with Crippen molar-refractivity contribution in [2.24, 2.45) is 4.99 Å². The Labute approximate surface area is 202 Å². The second kappa shape index (κ2) is 13.8. The number of benzene rings is 2. The number of halogens is 4. The van der Waals surface area contributed by atoms with E-state index in [9.17, 15) is 23.1 Å². The minimum Gasteiger partial charge on any atom is -0.508 e. The maximum absolute atomic E-state index is 12.6. The van der Waals surface area contributed by atoms with Crippen molar-refractivity contribution in [3.63, 3.8) is 0 Å². The van der Waals surface area contributed by atoms with Gasteiger partial charge in [-0.3, -0.25) is 9.79 Å². The summed E-state index contributed by atoms with van der Waals surface area (Å²) >= 11 is 0. The number of phenolic OH excluding ortho intramolecular Hbond substituents is 1. The van der Waals surface area contributed by atoms with Crippen LogP contribution in [0.1, 0.15) is 34.8 Å². The molecule has 0 saturated carbocycles. The van der Waals surface area contributed by atoms with Gasteiger partial charge in [0.2, 0.25) is 0 Å². The number of hydrogen-bond donors (Lipinski definition) is 4. The minimum atomic E-state index is -4.33. The molecule has 4 N–H and O–H groups in total. The summed E-state index contributed by atoms with van der Waals surface area (Å²) in [5, 5.41) is 18.4. The number of nitrogens with one attached hydrogen (secondary N) is 3. The molecule has 0 heterocycles. The van der Waals surface area contributed by atoms with Crippen LogP contribution in [-0.2, 0) is 12.6 Å². The zero-order valence-electron chi connectivity index (χ0n) is 17.7. The van der Waals surface area contributed by atoms with Gasteiger partial charge in [0.15, 0.2) is 5.96 Å². The quantitative estimate of drug-likeness (QED) is 0.161. The number of phenols is 1. The molecule has 1 amide bonds. The number of carbonyl (C=O) groups is 1. The first-order valence-corrected chi connectivity index (χ1v) is 10.0. The zero-order valence-corrected chi connectivity index (χ0v) is 20.0. The van der Waals surface area contributed by atoms with Gasteiger partial charge in [-0.05, 0) is 55.7 Å². The van der Waals surface area contributed by atoms with Crippen molar-refractivity contribution in [2.75, 3.05) is 26.2 Å². The summed E-state index contributed by atoms with van der Waals surface area (Å²) in [6.07, 6.45) is -3.15. The lowest BCUT2D eigenvalue weighted by molar-refractivity contribution is -0.137. The summed E-state index contributed by atoms with van der Waals surface area (Å²) in [6, 6.07) is 11.2. The average Bonchev–Trinajstić information content (AvgIpc) is 2.73. The van der Waals surface area contributed by atoms with E-state index < -0.39 is 11.7 Å². The van der Waals surface area contributed by atoms with Crippen LogP contribution >= 0.6 is 24.0 Å². The maximum Gasteiger partial charge on any atom is 0.416 e. The van der Waals surface area contributed by atoms with Crippen LogP contribution in [0.15, 0.2) is 53.5 Å². The number of guanidine groups is 1. The molecule has 0 aliphatic heterocycles. The van der Waals surface area contributed by atoms with Gasteiger partial charge >= 0.3 is 6.18 Å². The lowest BCUT2D eigenvalue weighted by Gasteiger charge is -2.12. The van der Waals surface area contributed by atoms with E-state index in [-0.39, 0.29) is 35.6 Å². The molecule has 0 fully saturated rings. The van der Waals surface area contributed by atoms with Crippen molar-refractivity contribution in [1.82, 2.24) is 16.0 Å². The molecule has 0 radical (unpaired) electrons. The summed E-state index contributed by atoms with van der Waals surface area (Å²) < 4.78 is 37.8. The Hall–Kier alpha value is -2.50. The number of hydrogen-bond acceptors (Lipinski definition) is 3. The highest BCUT2D eigenvalue weighted by atomic mass is 127. The number of rotatable bonds is 9. The summed E-state index contributed by atoms with van der Waals surface area (Å²) in [5.74, 6) is 0.380. The molecule has 0 saturated heterocycles.